The quantitative estimate of drug-likeness (QED) is 0.782. The van der Waals surface area contributed by atoms with Gasteiger partial charge in [0.15, 0.2) is 11.7 Å². The molecule has 0 fully saturated rings. The first-order chi connectivity index (χ1) is 11.0. The lowest BCUT2D eigenvalue weighted by Crippen LogP contribution is -2.11. The Kier molecular flexibility index (Phi) is 3.90. The van der Waals surface area contributed by atoms with E-state index in [1.807, 2.05) is 6.07 Å². The van der Waals surface area contributed by atoms with Gasteiger partial charge in [0, 0.05) is 12.6 Å². The van der Waals surface area contributed by atoms with Crippen molar-refractivity contribution in [2.75, 3.05) is 4.72 Å². The van der Waals surface area contributed by atoms with Crippen LogP contribution in [-0.4, -0.2) is 13.4 Å². The number of aromatic nitrogens is 1. The molecule has 0 bridgehead atoms. The number of thiophene rings is 1. The summed E-state index contributed by atoms with van der Waals surface area (Å²) in [6.07, 6.45) is 1.56. The van der Waals surface area contributed by atoms with E-state index in [0.717, 1.165) is 11.3 Å². The highest BCUT2D eigenvalue weighted by atomic mass is 32.2. The fourth-order valence-corrected chi connectivity index (χ4v) is 4.20. The molecule has 23 heavy (non-hydrogen) atoms. The van der Waals surface area contributed by atoms with Crippen molar-refractivity contribution in [2.45, 2.75) is 11.1 Å². The Balaban J connectivity index is 1.85. The van der Waals surface area contributed by atoms with Crippen LogP contribution >= 0.6 is 11.3 Å². The largest absolute Gasteiger partial charge is 0.440 e. The highest BCUT2D eigenvalue weighted by molar-refractivity contribution is 7.94. The first kappa shape index (κ1) is 15.3. The van der Waals surface area contributed by atoms with Gasteiger partial charge in [-0.15, -0.1) is 11.3 Å². The van der Waals surface area contributed by atoms with E-state index in [-0.39, 0.29) is 4.21 Å². The minimum absolute atomic E-state index is 0.172. The topological polar surface area (TPSA) is 96.0 Å². The third-order valence-corrected chi connectivity index (χ3v) is 5.95. The van der Waals surface area contributed by atoms with E-state index in [1.54, 1.807) is 43.5 Å². The number of rotatable bonds is 4. The average Bonchev–Trinajstić information content (AvgIpc) is 3.16. The lowest BCUT2D eigenvalue weighted by atomic mass is 10.2. The van der Waals surface area contributed by atoms with Gasteiger partial charge >= 0.3 is 0 Å². The van der Waals surface area contributed by atoms with E-state index in [0.29, 0.717) is 27.8 Å². The number of nitrogens with one attached hydrogen (secondary N) is 1. The van der Waals surface area contributed by atoms with Crippen LogP contribution < -0.4 is 4.72 Å². The molecule has 0 amide bonds. The van der Waals surface area contributed by atoms with Crippen molar-refractivity contribution in [3.05, 3.63) is 54.0 Å². The van der Waals surface area contributed by atoms with Crippen LogP contribution in [0.15, 0.2) is 51.2 Å². The summed E-state index contributed by atoms with van der Waals surface area (Å²) in [6.45, 7) is 1.72. The number of hydrogen-bond donors (Lipinski definition) is 1. The van der Waals surface area contributed by atoms with Crippen molar-refractivity contribution in [3.63, 3.8) is 0 Å². The summed E-state index contributed by atoms with van der Waals surface area (Å²) < 4.78 is 32.8. The maximum absolute atomic E-state index is 12.4. The predicted octanol–water partition coefficient (Wildman–Crippen LogP) is 3.38. The summed E-state index contributed by atoms with van der Waals surface area (Å²) in [7, 11) is -3.69. The SMILES string of the molecule is Cc1ncc(-c2ccc(S(=O)(=O)Nc3ccc(C#N)cc3)s2)o1. The molecule has 0 atom stereocenters. The molecule has 0 saturated heterocycles. The number of sulfonamides is 1. The van der Waals surface area contributed by atoms with Crippen molar-refractivity contribution < 1.29 is 12.8 Å². The number of anilines is 1. The average molecular weight is 345 g/mol. The van der Waals surface area contributed by atoms with Gasteiger partial charge in [-0.1, -0.05) is 0 Å². The first-order valence-electron chi connectivity index (χ1n) is 6.53. The van der Waals surface area contributed by atoms with E-state index < -0.39 is 10.0 Å². The highest BCUT2D eigenvalue weighted by Crippen LogP contribution is 2.32. The molecule has 0 aliphatic heterocycles. The van der Waals surface area contributed by atoms with Crippen LogP contribution in [0.25, 0.3) is 10.6 Å². The monoisotopic (exact) mass is 345 g/mol. The van der Waals surface area contributed by atoms with Gasteiger partial charge in [0.1, 0.15) is 4.21 Å². The van der Waals surface area contributed by atoms with Crippen molar-refractivity contribution in [2.24, 2.45) is 0 Å². The van der Waals surface area contributed by atoms with Gasteiger partial charge in [0.05, 0.1) is 22.7 Å². The van der Waals surface area contributed by atoms with Crippen LogP contribution in [-0.2, 0) is 10.0 Å². The zero-order valence-electron chi connectivity index (χ0n) is 12.0. The minimum Gasteiger partial charge on any atom is -0.440 e. The van der Waals surface area contributed by atoms with Crippen LogP contribution in [0.1, 0.15) is 11.5 Å². The molecule has 0 aliphatic rings. The maximum atomic E-state index is 12.4. The fraction of sp³-hybridized carbons (Fsp3) is 0.0667. The van der Waals surface area contributed by atoms with Crippen LogP contribution in [0.3, 0.4) is 0 Å². The third kappa shape index (κ3) is 3.26. The third-order valence-electron chi connectivity index (χ3n) is 2.98. The van der Waals surface area contributed by atoms with Gasteiger partial charge < -0.3 is 4.42 Å². The number of oxazole rings is 1. The molecule has 1 N–H and O–H groups in total. The number of aryl methyl sites for hydroxylation is 1. The number of nitriles is 1. The Morgan fingerprint density at radius 2 is 1.96 bits per heavy atom. The summed E-state index contributed by atoms with van der Waals surface area (Å²) >= 11 is 1.10. The second kappa shape index (κ2) is 5.87. The van der Waals surface area contributed by atoms with Crippen LogP contribution in [0.4, 0.5) is 5.69 Å². The molecule has 0 radical (unpaired) electrons. The van der Waals surface area contributed by atoms with Crippen molar-refractivity contribution in [3.8, 4) is 16.7 Å². The Labute approximate surface area is 137 Å². The van der Waals surface area contributed by atoms with Crippen LogP contribution in [0.2, 0.25) is 0 Å². The maximum Gasteiger partial charge on any atom is 0.271 e. The van der Waals surface area contributed by atoms with E-state index in [2.05, 4.69) is 9.71 Å². The molecular weight excluding hydrogens is 334 g/mol. The lowest BCUT2D eigenvalue weighted by molar-refractivity contribution is 0.535. The van der Waals surface area contributed by atoms with E-state index in [9.17, 15) is 8.42 Å². The molecule has 8 heteroatoms. The molecule has 0 aliphatic carbocycles. The van der Waals surface area contributed by atoms with Gasteiger partial charge in [-0.3, -0.25) is 4.72 Å². The second-order valence-corrected chi connectivity index (χ2v) is 7.65. The molecule has 0 saturated carbocycles. The molecule has 0 spiro atoms. The molecule has 2 aromatic heterocycles. The summed E-state index contributed by atoms with van der Waals surface area (Å²) in [4.78, 5) is 4.68. The summed E-state index contributed by atoms with van der Waals surface area (Å²) in [5.41, 5.74) is 0.863. The zero-order valence-corrected chi connectivity index (χ0v) is 13.6. The zero-order chi connectivity index (χ0) is 16.4. The van der Waals surface area contributed by atoms with Gasteiger partial charge in [0.25, 0.3) is 10.0 Å². The standard InChI is InChI=1S/C15H11N3O3S2/c1-10-17-9-13(21-10)14-6-7-15(22-14)23(19,20)18-12-4-2-11(8-16)3-5-12/h2-7,9,18H,1H3. The number of nitrogens with zero attached hydrogens (tertiary/aromatic N) is 2. The predicted molar refractivity (Wildman–Crippen MR) is 86.5 cm³/mol. The first-order valence-corrected chi connectivity index (χ1v) is 8.83. The molecule has 3 rings (SSSR count). The van der Waals surface area contributed by atoms with E-state index in [4.69, 9.17) is 9.68 Å². The molecular formula is C15H11N3O3S2. The van der Waals surface area contributed by atoms with E-state index >= 15 is 0 Å². The van der Waals surface area contributed by atoms with Crippen molar-refractivity contribution >= 4 is 27.0 Å². The van der Waals surface area contributed by atoms with Gasteiger partial charge in [-0.25, -0.2) is 13.4 Å². The molecule has 3 aromatic rings. The van der Waals surface area contributed by atoms with Crippen LogP contribution in [0.5, 0.6) is 0 Å². The lowest BCUT2D eigenvalue weighted by Gasteiger charge is -2.05. The smallest absolute Gasteiger partial charge is 0.271 e. The van der Waals surface area contributed by atoms with Crippen LogP contribution in [0, 0.1) is 18.3 Å². The van der Waals surface area contributed by atoms with Crippen molar-refractivity contribution in [1.29, 1.82) is 5.26 Å². The second-order valence-electron chi connectivity index (χ2n) is 4.66. The Bertz CT molecular complexity index is 980. The minimum atomic E-state index is -3.69. The summed E-state index contributed by atoms with van der Waals surface area (Å²) in [5.74, 6) is 1.06. The molecule has 0 unspecified atom stereocenters. The molecule has 116 valence electrons. The molecule has 6 nitrogen and oxygen atoms in total. The Hall–Kier alpha value is -2.63. The number of benzene rings is 1. The van der Waals surface area contributed by atoms with Gasteiger partial charge in [-0.2, -0.15) is 5.26 Å². The normalized spacial score (nSPS) is 11.1. The highest BCUT2D eigenvalue weighted by Gasteiger charge is 2.18. The fourth-order valence-electron chi connectivity index (χ4n) is 1.89. The molecule has 1 aromatic carbocycles. The van der Waals surface area contributed by atoms with Gasteiger partial charge in [-0.05, 0) is 36.4 Å². The Morgan fingerprint density at radius 1 is 1.22 bits per heavy atom. The van der Waals surface area contributed by atoms with Gasteiger partial charge in [0.2, 0.25) is 0 Å². The van der Waals surface area contributed by atoms with Crippen molar-refractivity contribution in [1.82, 2.24) is 4.98 Å². The Morgan fingerprint density at radius 3 is 2.57 bits per heavy atom. The summed E-state index contributed by atoms with van der Waals surface area (Å²) in [6, 6.07) is 11.4. The number of hydrogen-bond acceptors (Lipinski definition) is 6. The molecule has 2 heterocycles. The van der Waals surface area contributed by atoms with E-state index in [1.165, 1.54) is 6.07 Å². The summed E-state index contributed by atoms with van der Waals surface area (Å²) in [5, 5.41) is 8.75.